The van der Waals surface area contributed by atoms with Crippen molar-refractivity contribution in [3.8, 4) is 0 Å². The summed E-state index contributed by atoms with van der Waals surface area (Å²) in [5, 5.41) is 9.18. The Morgan fingerprint density at radius 1 is 1.38 bits per heavy atom. The molecule has 1 saturated carbocycles. The van der Waals surface area contributed by atoms with E-state index in [1.807, 2.05) is 0 Å². The lowest BCUT2D eigenvalue weighted by Crippen LogP contribution is -2.47. The van der Waals surface area contributed by atoms with Crippen LogP contribution in [0.2, 0.25) is 0 Å². The van der Waals surface area contributed by atoms with Gasteiger partial charge < -0.3 is 10.0 Å². The van der Waals surface area contributed by atoms with Gasteiger partial charge in [0.2, 0.25) is 5.91 Å². The second-order valence-electron chi connectivity index (χ2n) is 5.15. The van der Waals surface area contributed by atoms with E-state index in [9.17, 15) is 23.5 Å². The van der Waals surface area contributed by atoms with Crippen molar-refractivity contribution in [2.45, 2.75) is 37.1 Å². The van der Waals surface area contributed by atoms with Gasteiger partial charge in [-0.2, -0.15) is 0 Å². The number of alkyl halides is 2. The largest absolute Gasteiger partial charge is 0.479 e. The second-order valence-corrected chi connectivity index (χ2v) is 5.15. The summed E-state index contributed by atoms with van der Waals surface area (Å²) in [4.78, 5) is 23.9. The average Bonchev–Trinajstić information content (AvgIpc) is 2.49. The minimum atomic E-state index is -2.79. The standard InChI is InChI=1S/C10H11F2NO3/c11-10(12)4-8(10)3-9(7(15)16)2-1-6(14)13(9)5-8/h1-5H2,(H,15,16)/t8-,9+/m1/s1. The van der Waals surface area contributed by atoms with Crippen LogP contribution in [0.4, 0.5) is 8.78 Å². The molecule has 0 aromatic heterocycles. The summed E-state index contributed by atoms with van der Waals surface area (Å²) in [6.45, 7) is -0.0921. The summed E-state index contributed by atoms with van der Waals surface area (Å²) in [5.74, 6) is -4.24. The number of halogens is 2. The fourth-order valence-corrected chi connectivity index (χ4v) is 3.21. The quantitative estimate of drug-likeness (QED) is 0.728. The average molecular weight is 231 g/mol. The van der Waals surface area contributed by atoms with E-state index in [1.54, 1.807) is 0 Å². The van der Waals surface area contributed by atoms with Crippen molar-refractivity contribution < 1.29 is 23.5 Å². The molecular formula is C10H11F2NO3. The van der Waals surface area contributed by atoms with E-state index in [-0.39, 0.29) is 38.1 Å². The maximum absolute atomic E-state index is 13.2. The van der Waals surface area contributed by atoms with Gasteiger partial charge in [0.1, 0.15) is 5.54 Å². The molecule has 88 valence electrons. The number of rotatable bonds is 1. The van der Waals surface area contributed by atoms with Crippen molar-refractivity contribution in [2.24, 2.45) is 5.41 Å². The molecule has 1 spiro atoms. The number of fused-ring (bicyclic) bond motifs is 1. The molecule has 2 aliphatic heterocycles. The Kier molecular flexibility index (Phi) is 1.49. The molecule has 6 heteroatoms. The van der Waals surface area contributed by atoms with Crippen molar-refractivity contribution in [3.05, 3.63) is 0 Å². The summed E-state index contributed by atoms with van der Waals surface area (Å²) in [7, 11) is 0. The predicted molar refractivity (Wildman–Crippen MR) is 47.9 cm³/mol. The van der Waals surface area contributed by atoms with E-state index in [0.29, 0.717) is 0 Å². The van der Waals surface area contributed by atoms with Gasteiger partial charge in [-0.05, 0) is 12.8 Å². The van der Waals surface area contributed by atoms with Gasteiger partial charge in [0, 0.05) is 19.4 Å². The molecule has 0 unspecified atom stereocenters. The van der Waals surface area contributed by atoms with E-state index in [2.05, 4.69) is 0 Å². The monoisotopic (exact) mass is 231 g/mol. The van der Waals surface area contributed by atoms with Crippen LogP contribution < -0.4 is 0 Å². The van der Waals surface area contributed by atoms with Gasteiger partial charge in [-0.3, -0.25) is 4.79 Å². The third-order valence-electron chi connectivity index (χ3n) is 4.27. The molecule has 3 aliphatic rings. The van der Waals surface area contributed by atoms with Crippen molar-refractivity contribution in [2.75, 3.05) is 6.54 Å². The molecule has 1 aliphatic carbocycles. The molecule has 4 nitrogen and oxygen atoms in total. The van der Waals surface area contributed by atoms with Gasteiger partial charge in [-0.15, -0.1) is 0 Å². The lowest BCUT2D eigenvalue weighted by Gasteiger charge is -2.26. The van der Waals surface area contributed by atoms with Crippen LogP contribution in [0.1, 0.15) is 25.7 Å². The molecule has 2 heterocycles. The SMILES string of the molecule is O=C1CC[C@@]2(C(=O)O)C[C@]3(CN12)CC3(F)F. The highest BCUT2D eigenvalue weighted by atomic mass is 19.3. The van der Waals surface area contributed by atoms with E-state index in [0.717, 1.165) is 4.90 Å². The van der Waals surface area contributed by atoms with E-state index >= 15 is 0 Å². The molecule has 3 fully saturated rings. The smallest absolute Gasteiger partial charge is 0.329 e. The van der Waals surface area contributed by atoms with Crippen LogP contribution in [0.5, 0.6) is 0 Å². The van der Waals surface area contributed by atoms with Gasteiger partial charge >= 0.3 is 5.97 Å². The van der Waals surface area contributed by atoms with Crippen LogP contribution in [0.3, 0.4) is 0 Å². The maximum atomic E-state index is 13.2. The van der Waals surface area contributed by atoms with Gasteiger partial charge in [-0.1, -0.05) is 0 Å². The van der Waals surface area contributed by atoms with E-state index in [4.69, 9.17) is 0 Å². The Hall–Kier alpha value is -1.20. The number of hydrogen-bond donors (Lipinski definition) is 1. The molecule has 0 aromatic rings. The molecule has 0 bridgehead atoms. The van der Waals surface area contributed by atoms with Gasteiger partial charge in [-0.25, -0.2) is 13.6 Å². The number of carboxylic acid groups (broad SMARTS) is 1. The Morgan fingerprint density at radius 3 is 2.44 bits per heavy atom. The Bertz CT molecular complexity index is 411. The molecule has 2 atom stereocenters. The normalized spacial score (nSPS) is 43.9. The molecule has 3 rings (SSSR count). The zero-order chi connectivity index (χ0) is 11.8. The number of carbonyl (C=O) groups excluding carboxylic acids is 1. The van der Waals surface area contributed by atoms with Gasteiger partial charge in [0.15, 0.2) is 0 Å². The minimum Gasteiger partial charge on any atom is -0.479 e. The molecule has 16 heavy (non-hydrogen) atoms. The molecule has 0 radical (unpaired) electrons. The summed E-state index contributed by atoms with van der Waals surface area (Å²) >= 11 is 0. The third kappa shape index (κ3) is 0.888. The third-order valence-corrected chi connectivity index (χ3v) is 4.27. The first-order valence-electron chi connectivity index (χ1n) is 5.25. The van der Waals surface area contributed by atoms with E-state index in [1.165, 1.54) is 0 Å². The number of carboxylic acids is 1. The number of amides is 1. The molecule has 2 saturated heterocycles. The van der Waals surface area contributed by atoms with Crippen molar-refractivity contribution >= 4 is 11.9 Å². The van der Waals surface area contributed by atoms with Crippen LogP contribution in [0.25, 0.3) is 0 Å². The predicted octanol–water partition coefficient (Wildman–Crippen LogP) is 0.861. The highest BCUT2D eigenvalue weighted by molar-refractivity contribution is 5.92. The van der Waals surface area contributed by atoms with Crippen molar-refractivity contribution in [1.82, 2.24) is 4.90 Å². The Morgan fingerprint density at radius 2 is 2.00 bits per heavy atom. The molecule has 1 N–H and O–H groups in total. The molecule has 0 aromatic carbocycles. The topological polar surface area (TPSA) is 57.6 Å². The van der Waals surface area contributed by atoms with Crippen LogP contribution in [0.15, 0.2) is 0 Å². The number of hydrogen-bond acceptors (Lipinski definition) is 2. The fourth-order valence-electron chi connectivity index (χ4n) is 3.21. The summed E-state index contributed by atoms with van der Waals surface area (Å²) in [6.07, 6.45) is -0.0418. The van der Waals surface area contributed by atoms with E-state index < -0.39 is 22.8 Å². The van der Waals surface area contributed by atoms with Crippen molar-refractivity contribution in [1.29, 1.82) is 0 Å². The summed E-state index contributed by atoms with van der Waals surface area (Å²) < 4.78 is 26.5. The summed E-state index contributed by atoms with van der Waals surface area (Å²) in [6, 6.07) is 0. The first-order chi connectivity index (χ1) is 7.33. The minimum absolute atomic E-state index is 0.0892. The van der Waals surface area contributed by atoms with Crippen molar-refractivity contribution in [3.63, 3.8) is 0 Å². The molecular weight excluding hydrogens is 220 g/mol. The summed E-state index contributed by atoms with van der Waals surface area (Å²) in [5.41, 5.74) is -2.60. The Labute approximate surface area is 90.2 Å². The molecule has 1 amide bonds. The van der Waals surface area contributed by atoms with Crippen LogP contribution >= 0.6 is 0 Å². The van der Waals surface area contributed by atoms with Gasteiger partial charge in [0.05, 0.1) is 5.41 Å². The zero-order valence-electron chi connectivity index (χ0n) is 8.50. The van der Waals surface area contributed by atoms with Crippen LogP contribution in [-0.4, -0.2) is 39.9 Å². The first-order valence-corrected chi connectivity index (χ1v) is 5.25. The number of aliphatic carboxylic acids is 1. The first kappa shape index (κ1) is 9.99. The second kappa shape index (κ2) is 2.38. The number of nitrogens with zero attached hydrogens (tertiary/aromatic N) is 1. The fraction of sp³-hybridized carbons (Fsp3) is 0.800. The maximum Gasteiger partial charge on any atom is 0.329 e. The van der Waals surface area contributed by atoms with Crippen LogP contribution in [-0.2, 0) is 9.59 Å². The van der Waals surface area contributed by atoms with Crippen LogP contribution in [0, 0.1) is 5.41 Å². The highest BCUT2D eigenvalue weighted by Gasteiger charge is 2.79. The van der Waals surface area contributed by atoms with Gasteiger partial charge in [0.25, 0.3) is 5.92 Å². The zero-order valence-corrected chi connectivity index (χ0v) is 8.50. The lowest BCUT2D eigenvalue weighted by atomic mass is 9.88. The number of carbonyl (C=O) groups is 2. The lowest BCUT2D eigenvalue weighted by molar-refractivity contribution is -0.151. The Balaban J connectivity index is 1.99. The highest BCUT2D eigenvalue weighted by Crippen LogP contribution is 2.69.